The van der Waals surface area contributed by atoms with Crippen LogP contribution in [0.25, 0.3) is 5.76 Å². The van der Waals surface area contributed by atoms with Gasteiger partial charge in [-0.1, -0.05) is 67.1 Å². The van der Waals surface area contributed by atoms with Gasteiger partial charge < -0.3 is 9.84 Å². The lowest BCUT2D eigenvalue weighted by atomic mass is 9.95. The number of aromatic nitrogens is 3. The first-order chi connectivity index (χ1) is 20.0. The Labute approximate surface area is 244 Å². The number of aliphatic hydroxyl groups is 1. The number of thioether (sulfide) groups is 1. The van der Waals surface area contributed by atoms with E-state index in [1.54, 1.807) is 48.5 Å². The fourth-order valence-corrected chi connectivity index (χ4v) is 6.21. The molecule has 0 spiro atoms. The molecule has 41 heavy (non-hydrogen) atoms. The number of anilines is 1. The normalized spacial score (nSPS) is 16.3. The molecular weight excluding hydrogens is 563 g/mol. The van der Waals surface area contributed by atoms with Crippen LogP contribution in [0.1, 0.15) is 48.9 Å². The molecule has 1 unspecified atom stereocenters. The van der Waals surface area contributed by atoms with Crippen LogP contribution in [0.4, 0.5) is 9.52 Å². The van der Waals surface area contributed by atoms with Crippen LogP contribution in [0.5, 0.6) is 5.75 Å². The van der Waals surface area contributed by atoms with Crippen molar-refractivity contribution < 1.29 is 23.8 Å². The molecule has 8 nitrogen and oxygen atoms in total. The summed E-state index contributed by atoms with van der Waals surface area (Å²) >= 11 is 2.56. The van der Waals surface area contributed by atoms with Gasteiger partial charge in [0.15, 0.2) is 4.34 Å². The largest absolute Gasteiger partial charge is 0.507 e. The van der Waals surface area contributed by atoms with E-state index in [-0.39, 0.29) is 22.3 Å². The minimum absolute atomic E-state index is 0.0477. The van der Waals surface area contributed by atoms with Gasteiger partial charge in [-0.2, -0.15) is 0 Å². The minimum Gasteiger partial charge on any atom is -0.507 e. The number of ether oxygens (including phenoxy) is 1. The Hall–Kier alpha value is -4.09. The summed E-state index contributed by atoms with van der Waals surface area (Å²) < 4.78 is 19.7. The molecule has 210 valence electrons. The summed E-state index contributed by atoms with van der Waals surface area (Å²) in [5, 5.41) is 19.9. The summed E-state index contributed by atoms with van der Waals surface area (Å²) in [6, 6.07) is 15.5. The van der Waals surface area contributed by atoms with E-state index in [4.69, 9.17) is 4.74 Å². The number of hydrogen-bond acceptors (Lipinski definition) is 9. The molecule has 5 rings (SSSR count). The van der Waals surface area contributed by atoms with E-state index in [2.05, 4.69) is 22.1 Å². The molecule has 1 fully saturated rings. The van der Waals surface area contributed by atoms with Crippen LogP contribution in [0.2, 0.25) is 0 Å². The second-order valence-corrected chi connectivity index (χ2v) is 11.5. The predicted molar refractivity (Wildman–Crippen MR) is 156 cm³/mol. The highest BCUT2D eigenvalue weighted by Gasteiger charge is 2.48. The molecule has 1 N–H and O–H groups in total. The maximum atomic E-state index is 13.4. The molecule has 1 saturated heterocycles. The summed E-state index contributed by atoms with van der Waals surface area (Å²) in [7, 11) is 0. The molecule has 3 heterocycles. The molecule has 1 aliphatic heterocycles. The lowest BCUT2D eigenvalue weighted by Crippen LogP contribution is -2.29. The molecule has 0 saturated carbocycles. The van der Waals surface area contributed by atoms with E-state index in [0.717, 1.165) is 24.8 Å². The number of aliphatic hydroxyl groups excluding tert-OH is 1. The van der Waals surface area contributed by atoms with Crippen molar-refractivity contribution >= 4 is 45.7 Å². The van der Waals surface area contributed by atoms with Gasteiger partial charge in [-0.15, -0.1) is 10.2 Å². The number of carbonyl (C=O) groups is 2. The fraction of sp³-hybridized carbons (Fsp3) is 0.233. The third-order valence-corrected chi connectivity index (χ3v) is 8.62. The van der Waals surface area contributed by atoms with Crippen molar-refractivity contribution in [3.63, 3.8) is 0 Å². The van der Waals surface area contributed by atoms with Crippen molar-refractivity contribution in [3.8, 4) is 5.75 Å². The highest BCUT2D eigenvalue weighted by Crippen LogP contribution is 2.44. The standard InChI is InChI=1S/C30H27FN4O4S2/c1-2-3-4-17-39-23-11-7-20(8-12-23)25-24(26(36)21-13-15-32-16-14-21)27(37)28(38)35(25)29-33-34-30(41-29)40-18-19-5-9-22(31)10-6-19/h5-16,25,36H,2-4,17-18H2,1H3. The summed E-state index contributed by atoms with van der Waals surface area (Å²) in [6.07, 6.45) is 6.12. The molecule has 0 radical (unpaired) electrons. The average molecular weight is 591 g/mol. The van der Waals surface area contributed by atoms with Crippen LogP contribution in [0.15, 0.2) is 83.0 Å². The molecule has 0 bridgehead atoms. The van der Waals surface area contributed by atoms with E-state index in [1.165, 1.54) is 52.5 Å². The van der Waals surface area contributed by atoms with Gasteiger partial charge in [-0.25, -0.2) is 4.39 Å². The average Bonchev–Trinajstić information content (AvgIpc) is 3.57. The Morgan fingerprint density at radius 2 is 1.76 bits per heavy atom. The van der Waals surface area contributed by atoms with E-state index in [9.17, 15) is 19.1 Å². The monoisotopic (exact) mass is 590 g/mol. The number of pyridine rings is 1. The van der Waals surface area contributed by atoms with E-state index >= 15 is 0 Å². The second kappa shape index (κ2) is 13.0. The van der Waals surface area contributed by atoms with Crippen LogP contribution in [0, 0.1) is 5.82 Å². The molecule has 11 heteroatoms. The number of nitrogens with zero attached hydrogens (tertiary/aromatic N) is 4. The third kappa shape index (κ3) is 6.47. The van der Waals surface area contributed by atoms with Crippen LogP contribution in [-0.2, 0) is 15.3 Å². The maximum Gasteiger partial charge on any atom is 0.301 e. The highest BCUT2D eigenvalue weighted by atomic mass is 32.2. The van der Waals surface area contributed by atoms with Gasteiger partial charge in [0.05, 0.1) is 18.2 Å². The Morgan fingerprint density at radius 1 is 1.02 bits per heavy atom. The van der Waals surface area contributed by atoms with Gasteiger partial charge in [-0.05, 0) is 53.9 Å². The maximum absolute atomic E-state index is 13.4. The molecule has 1 atom stereocenters. The Morgan fingerprint density at radius 3 is 2.46 bits per heavy atom. The zero-order chi connectivity index (χ0) is 28.8. The van der Waals surface area contributed by atoms with Gasteiger partial charge >= 0.3 is 5.91 Å². The van der Waals surface area contributed by atoms with Gasteiger partial charge in [-0.3, -0.25) is 19.5 Å². The quantitative estimate of drug-likeness (QED) is 0.0523. The van der Waals surface area contributed by atoms with Crippen LogP contribution >= 0.6 is 23.1 Å². The molecule has 2 aromatic heterocycles. The molecule has 2 aromatic carbocycles. The van der Waals surface area contributed by atoms with Crippen LogP contribution in [0.3, 0.4) is 0 Å². The van der Waals surface area contributed by atoms with Crippen molar-refractivity contribution in [2.45, 2.75) is 42.3 Å². The first-order valence-electron chi connectivity index (χ1n) is 13.1. The third-order valence-electron chi connectivity index (χ3n) is 6.49. The number of hydrogen-bond donors (Lipinski definition) is 1. The zero-order valence-electron chi connectivity index (χ0n) is 22.2. The Bertz CT molecular complexity index is 1540. The summed E-state index contributed by atoms with van der Waals surface area (Å²) in [4.78, 5) is 32.0. The number of carbonyl (C=O) groups excluding carboxylic acids is 2. The Balaban J connectivity index is 1.47. The first-order valence-corrected chi connectivity index (χ1v) is 14.9. The van der Waals surface area contributed by atoms with Gasteiger partial charge in [0.25, 0.3) is 5.78 Å². The molecule has 1 amide bonds. The molecular formula is C30H27FN4O4S2. The molecule has 4 aromatic rings. The number of ketones is 1. The first kappa shape index (κ1) is 28.4. The van der Waals surface area contributed by atoms with Crippen molar-refractivity contribution in [3.05, 3.63) is 101 Å². The van der Waals surface area contributed by atoms with E-state index < -0.39 is 17.7 Å². The van der Waals surface area contributed by atoms with Crippen molar-refractivity contribution in [1.82, 2.24) is 15.2 Å². The van der Waals surface area contributed by atoms with Crippen molar-refractivity contribution in [1.29, 1.82) is 0 Å². The number of benzene rings is 2. The van der Waals surface area contributed by atoms with E-state index in [1.807, 2.05) is 0 Å². The number of halogens is 1. The highest BCUT2D eigenvalue weighted by molar-refractivity contribution is 8.00. The van der Waals surface area contributed by atoms with Gasteiger partial charge in [0.2, 0.25) is 5.13 Å². The number of amides is 1. The smallest absolute Gasteiger partial charge is 0.301 e. The van der Waals surface area contributed by atoms with Crippen LogP contribution < -0.4 is 9.64 Å². The van der Waals surface area contributed by atoms with Crippen molar-refractivity contribution in [2.75, 3.05) is 11.5 Å². The van der Waals surface area contributed by atoms with Crippen molar-refractivity contribution in [2.24, 2.45) is 0 Å². The minimum atomic E-state index is -0.930. The van der Waals surface area contributed by atoms with Crippen LogP contribution in [-0.4, -0.2) is 38.6 Å². The molecule has 1 aliphatic rings. The van der Waals surface area contributed by atoms with E-state index in [0.29, 0.717) is 33.6 Å². The Kier molecular flexibility index (Phi) is 9.05. The lowest BCUT2D eigenvalue weighted by molar-refractivity contribution is -0.132. The van der Waals surface area contributed by atoms with Gasteiger partial charge in [0.1, 0.15) is 17.3 Å². The second-order valence-electron chi connectivity index (χ2n) is 9.30. The van der Waals surface area contributed by atoms with Gasteiger partial charge in [0, 0.05) is 23.7 Å². The topological polar surface area (TPSA) is 106 Å². The summed E-state index contributed by atoms with van der Waals surface area (Å²) in [5.74, 6) is -1.04. The summed E-state index contributed by atoms with van der Waals surface area (Å²) in [5.41, 5.74) is 1.83. The number of rotatable bonds is 11. The number of Topliss-reactive ketones (excluding diaryl/α,β-unsaturated/α-hetero) is 1. The summed E-state index contributed by atoms with van der Waals surface area (Å²) in [6.45, 7) is 2.72. The zero-order valence-corrected chi connectivity index (χ0v) is 23.8. The SMILES string of the molecule is CCCCCOc1ccc(C2C(=C(O)c3ccncc3)C(=O)C(=O)N2c2nnc(SCc3ccc(F)cc3)s2)cc1. The fourth-order valence-electron chi connectivity index (χ4n) is 4.38. The predicted octanol–water partition coefficient (Wildman–Crippen LogP) is 6.56. The molecule has 0 aliphatic carbocycles. The number of unbranched alkanes of at least 4 members (excludes halogenated alkanes) is 2. The lowest BCUT2D eigenvalue weighted by Gasteiger charge is -2.22.